The molecule has 2 aromatic rings. The van der Waals surface area contributed by atoms with Crippen molar-refractivity contribution in [3.05, 3.63) is 47.2 Å². The lowest BCUT2D eigenvalue weighted by Crippen LogP contribution is -2.07. The molecule has 1 aromatic carbocycles. The molecule has 7 heteroatoms. The Labute approximate surface area is 119 Å². The summed E-state index contributed by atoms with van der Waals surface area (Å²) in [5.41, 5.74) is 5.98. The molecular weight excluding hydrogens is 281 g/mol. The van der Waals surface area contributed by atoms with E-state index in [-0.39, 0.29) is 11.3 Å². The first-order chi connectivity index (χ1) is 9.81. The fraction of sp³-hybridized carbons (Fsp3) is 0.143. The van der Waals surface area contributed by atoms with Crippen LogP contribution in [0.25, 0.3) is 0 Å². The summed E-state index contributed by atoms with van der Waals surface area (Å²) in [7, 11) is 0. The van der Waals surface area contributed by atoms with Crippen LogP contribution in [-0.2, 0) is 6.18 Å². The van der Waals surface area contributed by atoms with E-state index in [1.54, 1.807) is 25.1 Å². The molecule has 0 atom stereocenters. The number of alkyl halides is 3. The minimum atomic E-state index is -4.50. The first-order valence-corrected chi connectivity index (χ1v) is 5.93. The molecule has 21 heavy (non-hydrogen) atoms. The SMILES string of the molecule is Cc1ccc(N)c(Nc2ccc(C(F)(F)F)cc2C#N)n1. The Bertz CT molecular complexity index is 717. The molecule has 0 aliphatic rings. The summed E-state index contributed by atoms with van der Waals surface area (Å²) >= 11 is 0. The van der Waals surface area contributed by atoms with Crippen molar-refractivity contribution in [3.63, 3.8) is 0 Å². The number of nitrogens with one attached hydrogen (secondary N) is 1. The number of halogens is 3. The zero-order chi connectivity index (χ0) is 15.6. The molecule has 1 aromatic heterocycles. The van der Waals surface area contributed by atoms with E-state index in [1.165, 1.54) is 6.07 Å². The van der Waals surface area contributed by atoms with Gasteiger partial charge in [-0.15, -0.1) is 0 Å². The number of pyridine rings is 1. The third-order valence-electron chi connectivity index (χ3n) is 2.79. The number of hydrogen-bond donors (Lipinski definition) is 2. The minimum Gasteiger partial charge on any atom is -0.396 e. The zero-order valence-corrected chi connectivity index (χ0v) is 11.0. The van der Waals surface area contributed by atoms with Crippen LogP contribution in [0.15, 0.2) is 30.3 Å². The van der Waals surface area contributed by atoms with Gasteiger partial charge in [-0.1, -0.05) is 0 Å². The summed E-state index contributed by atoms with van der Waals surface area (Å²) < 4.78 is 37.9. The zero-order valence-electron chi connectivity index (χ0n) is 11.0. The topological polar surface area (TPSA) is 74.7 Å². The first-order valence-electron chi connectivity index (χ1n) is 5.93. The Morgan fingerprint density at radius 1 is 1.24 bits per heavy atom. The van der Waals surface area contributed by atoms with Crippen LogP contribution in [0, 0.1) is 18.3 Å². The molecule has 0 aliphatic heterocycles. The number of aryl methyl sites for hydroxylation is 1. The van der Waals surface area contributed by atoms with Gasteiger partial charge in [0, 0.05) is 5.69 Å². The van der Waals surface area contributed by atoms with Crippen LogP contribution in [0.4, 0.5) is 30.4 Å². The van der Waals surface area contributed by atoms with Crippen LogP contribution in [0.2, 0.25) is 0 Å². The molecule has 0 bridgehead atoms. The Kier molecular flexibility index (Phi) is 3.72. The highest BCUT2D eigenvalue weighted by Gasteiger charge is 2.31. The van der Waals surface area contributed by atoms with E-state index in [0.717, 1.165) is 12.1 Å². The summed E-state index contributed by atoms with van der Waals surface area (Å²) in [6, 6.07) is 7.93. The quantitative estimate of drug-likeness (QED) is 0.886. The second-order valence-electron chi connectivity index (χ2n) is 4.39. The van der Waals surface area contributed by atoms with Gasteiger partial charge < -0.3 is 11.1 Å². The van der Waals surface area contributed by atoms with Crippen LogP contribution in [-0.4, -0.2) is 4.98 Å². The maximum absolute atomic E-state index is 12.6. The van der Waals surface area contributed by atoms with Crippen molar-refractivity contribution in [3.8, 4) is 6.07 Å². The maximum atomic E-state index is 12.6. The van der Waals surface area contributed by atoms with E-state index < -0.39 is 11.7 Å². The van der Waals surface area contributed by atoms with Gasteiger partial charge in [-0.25, -0.2) is 4.98 Å². The average Bonchev–Trinajstić information content (AvgIpc) is 2.42. The van der Waals surface area contributed by atoms with Crippen molar-refractivity contribution < 1.29 is 13.2 Å². The lowest BCUT2D eigenvalue weighted by Gasteiger charge is -2.12. The number of benzene rings is 1. The van der Waals surface area contributed by atoms with E-state index in [9.17, 15) is 13.2 Å². The van der Waals surface area contributed by atoms with Gasteiger partial charge in [-0.2, -0.15) is 18.4 Å². The number of nitrogens with zero attached hydrogens (tertiary/aromatic N) is 2. The van der Waals surface area contributed by atoms with E-state index in [4.69, 9.17) is 11.0 Å². The lowest BCUT2D eigenvalue weighted by atomic mass is 10.1. The van der Waals surface area contributed by atoms with Crippen LogP contribution in [0.5, 0.6) is 0 Å². The van der Waals surface area contributed by atoms with Crippen molar-refractivity contribution in [1.29, 1.82) is 5.26 Å². The van der Waals surface area contributed by atoms with Gasteiger partial charge in [-0.05, 0) is 37.3 Å². The van der Waals surface area contributed by atoms with Gasteiger partial charge in [0.1, 0.15) is 6.07 Å². The third-order valence-corrected chi connectivity index (χ3v) is 2.79. The van der Waals surface area contributed by atoms with Gasteiger partial charge in [-0.3, -0.25) is 0 Å². The Morgan fingerprint density at radius 2 is 1.95 bits per heavy atom. The largest absolute Gasteiger partial charge is 0.416 e. The fourth-order valence-corrected chi connectivity index (χ4v) is 1.72. The number of nitriles is 1. The molecule has 108 valence electrons. The van der Waals surface area contributed by atoms with Gasteiger partial charge in [0.2, 0.25) is 0 Å². The smallest absolute Gasteiger partial charge is 0.396 e. The molecule has 0 unspecified atom stereocenters. The molecule has 0 fully saturated rings. The van der Waals surface area contributed by atoms with Gasteiger partial charge in [0.15, 0.2) is 5.82 Å². The number of nitrogens with two attached hydrogens (primary N) is 1. The lowest BCUT2D eigenvalue weighted by molar-refractivity contribution is -0.137. The van der Waals surface area contributed by atoms with Crippen molar-refractivity contribution in [1.82, 2.24) is 4.98 Å². The van der Waals surface area contributed by atoms with Crippen LogP contribution >= 0.6 is 0 Å². The third kappa shape index (κ3) is 3.23. The summed E-state index contributed by atoms with van der Waals surface area (Å²) in [5.74, 6) is 0.297. The highest BCUT2D eigenvalue weighted by molar-refractivity contribution is 5.72. The standard InChI is InChI=1S/C14H11F3N4/c1-8-2-4-11(19)13(20-8)21-12-5-3-10(14(15,16)17)6-9(12)7-18/h2-6H,19H2,1H3,(H,20,21). The molecular formula is C14H11F3N4. The Morgan fingerprint density at radius 3 is 2.57 bits per heavy atom. The van der Waals surface area contributed by atoms with E-state index in [2.05, 4.69) is 10.3 Å². The Balaban J connectivity index is 2.41. The maximum Gasteiger partial charge on any atom is 0.416 e. The molecule has 0 saturated carbocycles. The van der Waals surface area contributed by atoms with Crippen molar-refractivity contribution >= 4 is 17.2 Å². The molecule has 0 amide bonds. The number of anilines is 3. The minimum absolute atomic E-state index is 0.132. The molecule has 0 radical (unpaired) electrons. The molecule has 1 heterocycles. The van der Waals surface area contributed by atoms with Crippen molar-refractivity contribution in [2.24, 2.45) is 0 Å². The molecule has 0 aliphatic carbocycles. The van der Waals surface area contributed by atoms with Gasteiger partial charge in [0.05, 0.1) is 22.5 Å². The molecule has 2 rings (SSSR count). The second kappa shape index (κ2) is 5.32. The Hall–Kier alpha value is -2.75. The summed E-state index contributed by atoms with van der Waals surface area (Å²) in [6.45, 7) is 1.75. The summed E-state index contributed by atoms with van der Waals surface area (Å²) in [4.78, 5) is 4.15. The van der Waals surface area contributed by atoms with E-state index >= 15 is 0 Å². The normalized spacial score (nSPS) is 11.0. The number of hydrogen-bond acceptors (Lipinski definition) is 4. The molecule has 4 nitrogen and oxygen atoms in total. The van der Waals surface area contributed by atoms with Crippen molar-refractivity contribution in [2.75, 3.05) is 11.1 Å². The van der Waals surface area contributed by atoms with Crippen LogP contribution < -0.4 is 11.1 Å². The summed E-state index contributed by atoms with van der Waals surface area (Å²) in [6.07, 6.45) is -4.50. The van der Waals surface area contributed by atoms with Crippen LogP contribution in [0.3, 0.4) is 0 Å². The highest BCUT2D eigenvalue weighted by atomic mass is 19.4. The predicted molar refractivity (Wildman–Crippen MR) is 72.8 cm³/mol. The fourth-order valence-electron chi connectivity index (χ4n) is 1.72. The number of rotatable bonds is 2. The molecule has 0 saturated heterocycles. The first kappa shape index (κ1) is 14.7. The monoisotopic (exact) mass is 292 g/mol. The number of nitrogen functional groups attached to an aromatic ring is 1. The molecule has 3 N–H and O–H groups in total. The predicted octanol–water partition coefficient (Wildman–Crippen LogP) is 3.61. The van der Waals surface area contributed by atoms with E-state index in [0.29, 0.717) is 17.2 Å². The highest BCUT2D eigenvalue weighted by Crippen LogP contribution is 2.32. The van der Waals surface area contributed by atoms with Gasteiger partial charge in [0.25, 0.3) is 0 Å². The van der Waals surface area contributed by atoms with Crippen molar-refractivity contribution in [2.45, 2.75) is 13.1 Å². The second-order valence-corrected chi connectivity index (χ2v) is 4.39. The summed E-state index contributed by atoms with van der Waals surface area (Å²) in [5, 5.41) is 11.8. The number of aromatic nitrogens is 1. The van der Waals surface area contributed by atoms with Crippen LogP contribution in [0.1, 0.15) is 16.8 Å². The molecule has 0 spiro atoms. The average molecular weight is 292 g/mol. The van der Waals surface area contributed by atoms with E-state index in [1.807, 2.05) is 0 Å². The van der Waals surface area contributed by atoms with Gasteiger partial charge >= 0.3 is 6.18 Å².